The van der Waals surface area contributed by atoms with E-state index in [9.17, 15) is 14.9 Å². The Kier molecular flexibility index (Phi) is 4.52. The fourth-order valence-corrected chi connectivity index (χ4v) is 2.56. The Morgan fingerprint density at radius 1 is 1.16 bits per heavy atom. The zero-order valence-electron chi connectivity index (χ0n) is 13.9. The average molecular weight is 339 g/mol. The molecule has 0 N–H and O–H groups in total. The van der Waals surface area contributed by atoms with Crippen molar-refractivity contribution in [1.82, 2.24) is 0 Å². The number of fused-ring (bicyclic) bond motifs is 1. The Bertz CT molecular complexity index is 940. The van der Waals surface area contributed by atoms with Gasteiger partial charge in [0.2, 0.25) is 0 Å². The van der Waals surface area contributed by atoms with E-state index in [4.69, 9.17) is 9.15 Å². The van der Waals surface area contributed by atoms with Gasteiger partial charge in [-0.3, -0.25) is 14.9 Å². The zero-order valence-corrected chi connectivity index (χ0v) is 13.9. The predicted octanol–water partition coefficient (Wildman–Crippen LogP) is 4.24. The van der Waals surface area contributed by atoms with Gasteiger partial charge in [-0.25, -0.2) is 0 Å². The van der Waals surface area contributed by atoms with Crippen molar-refractivity contribution in [2.75, 3.05) is 0 Å². The van der Waals surface area contributed by atoms with Crippen LogP contribution >= 0.6 is 0 Å². The summed E-state index contributed by atoms with van der Waals surface area (Å²) < 4.78 is 10.8. The summed E-state index contributed by atoms with van der Waals surface area (Å²) in [5, 5.41) is 11.5. The molecule has 0 spiro atoms. The Morgan fingerprint density at radius 3 is 2.52 bits per heavy atom. The first kappa shape index (κ1) is 16.7. The van der Waals surface area contributed by atoms with Crippen LogP contribution < -0.4 is 0 Å². The lowest BCUT2D eigenvalue weighted by atomic mass is 10.0. The fraction of sp³-hybridized carbons (Fsp3) is 0.211. The molecule has 3 aromatic rings. The number of nitrogens with zero attached hydrogens (tertiary/aromatic N) is 1. The molecular weight excluding hydrogens is 322 g/mol. The van der Waals surface area contributed by atoms with Crippen LogP contribution in [-0.2, 0) is 22.6 Å². The number of ether oxygens (including phenoxy) is 1. The molecule has 0 aliphatic rings. The summed E-state index contributed by atoms with van der Waals surface area (Å²) in [6.45, 7) is 4.10. The van der Waals surface area contributed by atoms with Gasteiger partial charge in [-0.1, -0.05) is 0 Å². The van der Waals surface area contributed by atoms with Gasteiger partial charge < -0.3 is 9.15 Å². The number of benzene rings is 2. The second-order valence-corrected chi connectivity index (χ2v) is 5.95. The number of aryl methyl sites for hydroxylation is 2. The van der Waals surface area contributed by atoms with Crippen molar-refractivity contribution in [1.29, 1.82) is 0 Å². The van der Waals surface area contributed by atoms with E-state index >= 15 is 0 Å². The summed E-state index contributed by atoms with van der Waals surface area (Å²) in [6, 6.07) is 9.88. The first-order valence-electron chi connectivity index (χ1n) is 7.80. The van der Waals surface area contributed by atoms with Crippen LogP contribution in [0, 0.1) is 24.0 Å². The molecule has 0 atom stereocenters. The van der Waals surface area contributed by atoms with Gasteiger partial charge >= 0.3 is 5.97 Å². The summed E-state index contributed by atoms with van der Waals surface area (Å²) in [7, 11) is 0. The standard InChI is InChI=1S/C19H17NO5/c1-12-7-17-15(11-24-18(17)8-13(12)2)9-19(21)25-10-14-3-5-16(6-4-14)20(22)23/h3-8,11H,9-10H2,1-2H3. The molecule has 6 nitrogen and oxygen atoms in total. The second kappa shape index (κ2) is 6.76. The van der Waals surface area contributed by atoms with Crippen LogP contribution in [0.25, 0.3) is 11.0 Å². The average Bonchev–Trinajstić information content (AvgIpc) is 2.95. The molecular formula is C19H17NO5. The van der Waals surface area contributed by atoms with Crippen molar-refractivity contribution >= 4 is 22.6 Å². The molecule has 0 fully saturated rings. The number of hydrogen-bond donors (Lipinski definition) is 0. The maximum Gasteiger partial charge on any atom is 0.310 e. The minimum atomic E-state index is -0.469. The highest BCUT2D eigenvalue weighted by Crippen LogP contribution is 2.25. The highest BCUT2D eigenvalue weighted by atomic mass is 16.6. The van der Waals surface area contributed by atoms with Gasteiger partial charge in [0.05, 0.1) is 17.6 Å². The highest BCUT2D eigenvalue weighted by Gasteiger charge is 2.13. The molecule has 0 aliphatic heterocycles. The van der Waals surface area contributed by atoms with Gasteiger partial charge in [0, 0.05) is 23.1 Å². The van der Waals surface area contributed by atoms with Gasteiger partial charge in [0.1, 0.15) is 12.2 Å². The van der Waals surface area contributed by atoms with Crippen LogP contribution in [0.3, 0.4) is 0 Å². The molecule has 0 bridgehead atoms. The smallest absolute Gasteiger partial charge is 0.310 e. The van der Waals surface area contributed by atoms with Gasteiger partial charge in [0.25, 0.3) is 5.69 Å². The third-order valence-corrected chi connectivity index (χ3v) is 4.15. The Morgan fingerprint density at radius 2 is 1.84 bits per heavy atom. The van der Waals surface area contributed by atoms with Gasteiger partial charge in [0.15, 0.2) is 0 Å². The number of furan rings is 1. The molecule has 0 saturated heterocycles. The van der Waals surface area contributed by atoms with Crippen molar-refractivity contribution in [3.63, 3.8) is 0 Å². The van der Waals surface area contributed by atoms with Crippen LogP contribution in [-0.4, -0.2) is 10.9 Å². The van der Waals surface area contributed by atoms with Crippen molar-refractivity contribution in [3.8, 4) is 0 Å². The number of hydrogen-bond acceptors (Lipinski definition) is 5. The molecule has 0 amide bonds. The maximum absolute atomic E-state index is 12.1. The molecule has 0 unspecified atom stereocenters. The molecule has 1 aromatic heterocycles. The van der Waals surface area contributed by atoms with Gasteiger partial charge in [-0.2, -0.15) is 0 Å². The summed E-state index contributed by atoms with van der Waals surface area (Å²) in [5.41, 5.74) is 4.50. The lowest BCUT2D eigenvalue weighted by Gasteiger charge is -2.05. The maximum atomic E-state index is 12.1. The number of carbonyl (C=O) groups is 1. The number of rotatable bonds is 5. The quantitative estimate of drug-likeness (QED) is 0.394. The van der Waals surface area contributed by atoms with E-state index in [1.807, 2.05) is 26.0 Å². The normalized spacial score (nSPS) is 10.8. The van der Waals surface area contributed by atoms with E-state index in [-0.39, 0.29) is 24.7 Å². The Labute approximate surface area is 144 Å². The van der Waals surface area contributed by atoms with Gasteiger partial charge in [-0.05, 0) is 54.8 Å². The molecule has 0 saturated carbocycles. The minimum absolute atomic E-state index is 0.00519. The molecule has 0 radical (unpaired) electrons. The highest BCUT2D eigenvalue weighted by molar-refractivity contribution is 5.86. The van der Waals surface area contributed by atoms with Crippen LogP contribution in [0.1, 0.15) is 22.3 Å². The van der Waals surface area contributed by atoms with E-state index < -0.39 is 4.92 Å². The topological polar surface area (TPSA) is 82.6 Å². The van der Waals surface area contributed by atoms with E-state index in [1.54, 1.807) is 18.4 Å². The number of nitro groups is 1. The summed E-state index contributed by atoms with van der Waals surface area (Å²) in [4.78, 5) is 22.2. The third kappa shape index (κ3) is 3.68. The molecule has 128 valence electrons. The van der Waals surface area contributed by atoms with Crippen molar-refractivity contribution in [2.24, 2.45) is 0 Å². The van der Waals surface area contributed by atoms with Crippen molar-refractivity contribution in [3.05, 3.63) is 75.0 Å². The lowest BCUT2D eigenvalue weighted by Crippen LogP contribution is -2.07. The van der Waals surface area contributed by atoms with E-state index in [0.29, 0.717) is 5.56 Å². The molecule has 0 aliphatic carbocycles. The molecule has 6 heteroatoms. The summed E-state index contributed by atoms with van der Waals surface area (Å²) in [6.07, 6.45) is 1.69. The summed E-state index contributed by atoms with van der Waals surface area (Å²) in [5.74, 6) is -0.376. The third-order valence-electron chi connectivity index (χ3n) is 4.15. The lowest BCUT2D eigenvalue weighted by molar-refractivity contribution is -0.384. The summed E-state index contributed by atoms with van der Waals surface area (Å²) >= 11 is 0. The molecule has 2 aromatic carbocycles. The number of carbonyl (C=O) groups excluding carboxylic acids is 1. The van der Waals surface area contributed by atoms with Crippen LogP contribution in [0.15, 0.2) is 47.1 Å². The van der Waals surface area contributed by atoms with Crippen LogP contribution in [0.2, 0.25) is 0 Å². The predicted molar refractivity (Wildman–Crippen MR) is 92.3 cm³/mol. The first-order chi connectivity index (χ1) is 11.9. The van der Waals surface area contributed by atoms with Crippen molar-refractivity contribution < 1.29 is 18.9 Å². The first-order valence-corrected chi connectivity index (χ1v) is 7.80. The monoisotopic (exact) mass is 339 g/mol. The minimum Gasteiger partial charge on any atom is -0.464 e. The van der Waals surface area contributed by atoms with Crippen LogP contribution in [0.4, 0.5) is 5.69 Å². The fourth-order valence-electron chi connectivity index (χ4n) is 2.56. The number of esters is 1. The second-order valence-electron chi connectivity index (χ2n) is 5.95. The molecule has 1 heterocycles. The number of nitro benzene ring substituents is 1. The van der Waals surface area contributed by atoms with E-state index in [0.717, 1.165) is 27.7 Å². The zero-order chi connectivity index (χ0) is 18.0. The largest absolute Gasteiger partial charge is 0.464 e. The van der Waals surface area contributed by atoms with Gasteiger partial charge in [-0.15, -0.1) is 0 Å². The van der Waals surface area contributed by atoms with Crippen molar-refractivity contribution in [2.45, 2.75) is 26.9 Å². The Hall–Kier alpha value is -3.15. The molecule has 3 rings (SSSR count). The van der Waals surface area contributed by atoms with E-state index in [2.05, 4.69) is 0 Å². The number of non-ortho nitro benzene ring substituents is 1. The SMILES string of the molecule is Cc1cc2occ(CC(=O)OCc3ccc([N+](=O)[O-])cc3)c2cc1C. The van der Waals surface area contributed by atoms with Crippen LogP contribution in [0.5, 0.6) is 0 Å². The molecule has 25 heavy (non-hydrogen) atoms. The Balaban J connectivity index is 1.65. The van der Waals surface area contributed by atoms with E-state index in [1.165, 1.54) is 12.1 Å².